The number of aryl methyl sites for hydroxylation is 1. The number of aromatic nitrogens is 2. The molecule has 2 heterocycles. The van der Waals surface area contributed by atoms with Crippen molar-refractivity contribution in [3.05, 3.63) is 17.5 Å². The molecule has 1 aromatic rings. The highest BCUT2D eigenvalue weighted by atomic mass is 19.4. The summed E-state index contributed by atoms with van der Waals surface area (Å²) in [7, 11) is 1.16. The third kappa shape index (κ3) is 2.86. The molecule has 0 radical (unpaired) electrons. The molecule has 1 amide bonds. The Hall–Kier alpha value is -2.06. The van der Waals surface area contributed by atoms with Crippen molar-refractivity contribution in [2.75, 3.05) is 13.2 Å². The van der Waals surface area contributed by atoms with E-state index in [9.17, 15) is 22.8 Å². The monoisotopic (exact) mass is 305 g/mol. The Bertz CT molecular complexity index is 568. The highest BCUT2D eigenvalue weighted by molar-refractivity contribution is 6.00. The zero-order valence-corrected chi connectivity index (χ0v) is 11.4. The number of carbonyl (C=O) groups excluding carboxylic acids is 2. The van der Waals surface area contributed by atoms with E-state index in [2.05, 4.69) is 10.4 Å². The lowest BCUT2D eigenvalue weighted by Crippen LogP contribution is -2.29. The maximum absolute atomic E-state index is 12.8. The van der Waals surface area contributed by atoms with Gasteiger partial charge < -0.3 is 10.1 Å². The summed E-state index contributed by atoms with van der Waals surface area (Å²) >= 11 is 0. The Labute approximate surface area is 118 Å². The minimum atomic E-state index is -4.55. The molecule has 6 nitrogen and oxygen atoms in total. The molecule has 0 unspecified atom stereocenters. The van der Waals surface area contributed by atoms with Crippen molar-refractivity contribution in [1.82, 2.24) is 15.1 Å². The Kier molecular flexibility index (Phi) is 3.93. The molecule has 2 atom stereocenters. The third-order valence-electron chi connectivity index (χ3n) is 3.29. The minimum absolute atomic E-state index is 0.0428. The summed E-state index contributed by atoms with van der Waals surface area (Å²) < 4.78 is 43.8. The van der Waals surface area contributed by atoms with E-state index in [-0.39, 0.29) is 18.8 Å². The third-order valence-corrected chi connectivity index (χ3v) is 3.29. The summed E-state index contributed by atoms with van der Waals surface area (Å²) in [6, 6.07) is 0.858. The maximum atomic E-state index is 12.8. The van der Waals surface area contributed by atoms with Gasteiger partial charge >= 0.3 is 12.1 Å². The van der Waals surface area contributed by atoms with E-state index < -0.39 is 35.6 Å². The van der Waals surface area contributed by atoms with Gasteiger partial charge in [0, 0.05) is 19.5 Å². The molecule has 1 aliphatic heterocycles. The Morgan fingerprint density at radius 1 is 1.57 bits per heavy atom. The van der Waals surface area contributed by atoms with E-state index in [1.165, 1.54) is 0 Å². The lowest BCUT2D eigenvalue weighted by Gasteiger charge is -2.13. The van der Waals surface area contributed by atoms with Gasteiger partial charge in [-0.3, -0.25) is 14.3 Å². The fraction of sp³-hybridized carbons (Fsp3) is 0.583. The number of nitrogens with zero attached hydrogens (tertiary/aromatic N) is 2. The maximum Gasteiger partial charge on any atom is 0.433 e. The number of amides is 1. The number of hydrogen-bond donors (Lipinski definition) is 1. The van der Waals surface area contributed by atoms with Crippen molar-refractivity contribution >= 4 is 11.9 Å². The van der Waals surface area contributed by atoms with Crippen LogP contribution >= 0.6 is 0 Å². The number of ether oxygens (including phenoxy) is 1. The van der Waals surface area contributed by atoms with Gasteiger partial charge in [0.1, 0.15) is 11.6 Å². The summed E-state index contributed by atoms with van der Waals surface area (Å²) in [5.74, 6) is -3.24. The van der Waals surface area contributed by atoms with Crippen LogP contribution < -0.4 is 5.32 Å². The Balaban J connectivity index is 2.32. The number of rotatable bonds is 3. The lowest BCUT2D eigenvalue weighted by atomic mass is 9.92. The standard InChI is InChI=1S/C12H14F3N3O3/c1-3-21-11(20)9-6(5-16-10(9)19)7-4-8(12(13,14)15)18(2)17-7/h4,6,9H,3,5H2,1-2H3,(H,16,19)/t6-,9-/m1/s1. The molecule has 0 spiro atoms. The van der Waals surface area contributed by atoms with Crippen LogP contribution in [0.5, 0.6) is 0 Å². The van der Waals surface area contributed by atoms with Crippen LogP contribution in [-0.2, 0) is 27.5 Å². The number of alkyl halides is 3. The van der Waals surface area contributed by atoms with E-state index in [4.69, 9.17) is 4.74 Å². The molecule has 0 aliphatic carbocycles. The SMILES string of the molecule is CCOC(=O)[C@H]1C(=O)NC[C@@H]1c1cc(C(F)(F)F)n(C)n1. The zero-order chi connectivity index (χ0) is 15.8. The first-order valence-electron chi connectivity index (χ1n) is 6.31. The fourth-order valence-corrected chi connectivity index (χ4v) is 2.34. The number of esters is 1. The van der Waals surface area contributed by atoms with Gasteiger partial charge in [-0.15, -0.1) is 0 Å². The van der Waals surface area contributed by atoms with Gasteiger partial charge in [-0.25, -0.2) is 0 Å². The zero-order valence-electron chi connectivity index (χ0n) is 11.4. The molecule has 1 saturated heterocycles. The van der Waals surface area contributed by atoms with Crippen molar-refractivity contribution in [3.63, 3.8) is 0 Å². The summed E-state index contributed by atoms with van der Waals surface area (Å²) in [6.45, 7) is 1.73. The van der Waals surface area contributed by atoms with Crippen LogP contribution in [-0.4, -0.2) is 34.8 Å². The van der Waals surface area contributed by atoms with Gasteiger partial charge in [0.2, 0.25) is 5.91 Å². The highest BCUT2D eigenvalue weighted by Gasteiger charge is 2.45. The van der Waals surface area contributed by atoms with E-state index in [0.29, 0.717) is 4.68 Å². The molecular formula is C12H14F3N3O3. The molecule has 116 valence electrons. The van der Waals surface area contributed by atoms with Gasteiger partial charge in [0.15, 0.2) is 0 Å². The predicted octanol–water partition coefficient (Wildman–Crippen LogP) is 0.832. The van der Waals surface area contributed by atoms with E-state index in [1.807, 2.05) is 0 Å². The van der Waals surface area contributed by atoms with Gasteiger partial charge in [-0.05, 0) is 13.0 Å². The molecule has 0 saturated carbocycles. The molecule has 0 aromatic carbocycles. The summed E-state index contributed by atoms with van der Waals surface area (Å²) in [5, 5.41) is 6.24. The first-order valence-corrected chi connectivity index (χ1v) is 6.31. The molecule has 1 fully saturated rings. The summed E-state index contributed by atoms with van der Waals surface area (Å²) in [4.78, 5) is 23.5. The topological polar surface area (TPSA) is 73.2 Å². The van der Waals surface area contributed by atoms with Crippen LogP contribution in [0.2, 0.25) is 0 Å². The van der Waals surface area contributed by atoms with E-state index in [0.717, 1.165) is 13.1 Å². The van der Waals surface area contributed by atoms with Gasteiger partial charge in [-0.2, -0.15) is 18.3 Å². The molecule has 0 bridgehead atoms. The molecule has 9 heteroatoms. The molecule has 1 aromatic heterocycles. The van der Waals surface area contributed by atoms with Crippen LogP contribution in [0.4, 0.5) is 13.2 Å². The lowest BCUT2D eigenvalue weighted by molar-refractivity contribution is -0.151. The molecular weight excluding hydrogens is 291 g/mol. The fourth-order valence-electron chi connectivity index (χ4n) is 2.34. The molecule has 21 heavy (non-hydrogen) atoms. The van der Waals surface area contributed by atoms with Crippen molar-refractivity contribution in [3.8, 4) is 0 Å². The second-order valence-corrected chi connectivity index (χ2v) is 4.66. The van der Waals surface area contributed by atoms with Crippen LogP contribution in [0, 0.1) is 5.92 Å². The predicted molar refractivity (Wildman–Crippen MR) is 64.1 cm³/mol. The minimum Gasteiger partial charge on any atom is -0.465 e. The average molecular weight is 305 g/mol. The van der Waals surface area contributed by atoms with Crippen molar-refractivity contribution in [1.29, 1.82) is 0 Å². The second-order valence-electron chi connectivity index (χ2n) is 4.66. The van der Waals surface area contributed by atoms with E-state index >= 15 is 0 Å². The summed E-state index contributed by atoms with van der Waals surface area (Å²) in [5.41, 5.74) is -0.888. The number of halogens is 3. The van der Waals surface area contributed by atoms with Crippen molar-refractivity contribution in [2.45, 2.75) is 19.0 Å². The normalized spacial score (nSPS) is 22.2. The Morgan fingerprint density at radius 2 is 2.24 bits per heavy atom. The summed E-state index contributed by atoms with van der Waals surface area (Å²) in [6.07, 6.45) is -4.55. The van der Waals surface area contributed by atoms with Crippen LogP contribution in [0.1, 0.15) is 24.2 Å². The first-order chi connectivity index (χ1) is 9.75. The van der Waals surface area contributed by atoms with Crippen LogP contribution in [0.3, 0.4) is 0 Å². The van der Waals surface area contributed by atoms with Gasteiger partial charge in [-0.1, -0.05) is 0 Å². The smallest absolute Gasteiger partial charge is 0.433 e. The molecule has 2 rings (SSSR count). The van der Waals surface area contributed by atoms with E-state index in [1.54, 1.807) is 6.92 Å². The largest absolute Gasteiger partial charge is 0.465 e. The molecule has 1 aliphatic rings. The quantitative estimate of drug-likeness (QED) is 0.663. The highest BCUT2D eigenvalue weighted by Crippen LogP contribution is 2.34. The van der Waals surface area contributed by atoms with Crippen LogP contribution in [0.15, 0.2) is 6.07 Å². The van der Waals surface area contributed by atoms with Gasteiger partial charge in [0.05, 0.1) is 12.3 Å². The number of nitrogens with one attached hydrogen (secondary N) is 1. The van der Waals surface area contributed by atoms with Gasteiger partial charge in [0.25, 0.3) is 0 Å². The number of carbonyl (C=O) groups is 2. The molecule has 1 N–H and O–H groups in total. The average Bonchev–Trinajstić information content (AvgIpc) is 2.92. The second kappa shape index (κ2) is 5.38. The van der Waals surface area contributed by atoms with Crippen molar-refractivity contribution < 1.29 is 27.5 Å². The number of hydrogen-bond acceptors (Lipinski definition) is 4. The Morgan fingerprint density at radius 3 is 2.76 bits per heavy atom. The van der Waals surface area contributed by atoms with Crippen molar-refractivity contribution in [2.24, 2.45) is 13.0 Å². The first kappa shape index (κ1) is 15.3. The van der Waals surface area contributed by atoms with Crippen LogP contribution in [0.25, 0.3) is 0 Å².